The lowest BCUT2D eigenvalue weighted by Crippen LogP contribution is -2.36. The highest BCUT2D eigenvalue weighted by Crippen LogP contribution is 2.26. The summed E-state index contributed by atoms with van der Waals surface area (Å²) < 4.78 is 10.5. The zero-order valence-corrected chi connectivity index (χ0v) is 14.2. The zero-order chi connectivity index (χ0) is 16.3. The smallest absolute Gasteiger partial charge is 0.407 e. The Hall–Kier alpha value is -1.46. The topological polar surface area (TPSA) is 59.6 Å². The maximum atomic E-state index is 11.7. The van der Waals surface area contributed by atoms with Crippen LogP contribution in [0, 0.1) is 0 Å². The Morgan fingerprint density at radius 2 is 2.09 bits per heavy atom. The molecular weight excluding hydrogens is 304 g/mol. The van der Waals surface area contributed by atoms with Gasteiger partial charge >= 0.3 is 6.09 Å². The number of carbonyl (C=O) groups is 1. The Morgan fingerprint density at radius 3 is 2.73 bits per heavy atom. The second-order valence-corrected chi connectivity index (χ2v) is 6.87. The second-order valence-electron chi connectivity index (χ2n) is 6.43. The fourth-order valence-electron chi connectivity index (χ4n) is 2.17. The van der Waals surface area contributed by atoms with E-state index in [1.54, 1.807) is 13.2 Å². The molecule has 0 saturated heterocycles. The molecule has 1 amide bonds. The summed E-state index contributed by atoms with van der Waals surface area (Å²) in [7, 11) is 1.64. The number of halogens is 1. The highest BCUT2D eigenvalue weighted by Gasteiger charge is 2.38. The highest BCUT2D eigenvalue weighted by atomic mass is 35.5. The zero-order valence-electron chi connectivity index (χ0n) is 13.4. The third-order valence-electron chi connectivity index (χ3n) is 3.29. The Morgan fingerprint density at radius 1 is 1.36 bits per heavy atom. The van der Waals surface area contributed by atoms with Gasteiger partial charge in [-0.05, 0) is 45.4 Å². The van der Waals surface area contributed by atoms with E-state index in [4.69, 9.17) is 21.1 Å². The molecule has 6 heteroatoms. The molecule has 2 unspecified atom stereocenters. The van der Waals surface area contributed by atoms with Gasteiger partial charge in [-0.1, -0.05) is 11.6 Å². The number of hydrogen-bond acceptors (Lipinski definition) is 4. The number of alkyl carbamates (subject to hydrolysis) is 1. The molecule has 2 rings (SSSR count). The monoisotopic (exact) mass is 326 g/mol. The minimum atomic E-state index is -0.476. The van der Waals surface area contributed by atoms with Crippen molar-refractivity contribution in [1.82, 2.24) is 10.6 Å². The van der Waals surface area contributed by atoms with E-state index in [1.807, 2.05) is 32.9 Å². The Kier molecular flexibility index (Phi) is 5.19. The van der Waals surface area contributed by atoms with Crippen LogP contribution in [0.25, 0.3) is 0 Å². The van der Waals surface area contributed by atoms with Crippen molar-refractivity contribution in [2.45, 2.75) is 51.4 Å². The molecule has 0 bridgehead atoms. The molecule has 1 aliphatic rings. The molecule has 22 heavy (non-hydrogen) atoms. The second kappa shape index (κ2) is 6.75. The summed E-state index contributed by atoms with van der Waals surface area (Å²) in [4.78, 5) is 11.7. The van der Waals surface area contributed by atoms with E-state index >= 15 is 0 Å². The number of ether oxygens (including phenoxy) is 2. The number of hydrogen-bond donors (Lipinski definition) is 2. The molecule has 0 heterocycles. The van der Waals surface area contributed by atoms with Crippen molar-refractivity contribution >= 4 is 17.7 Å². The van der Waals surface area contributed by atoms with Gasteiger partial charge in [0.25, 0.3) is 0 Å². The standard InChI is InChI=1S/C16H23ClN2O3/c1-16(2,3)22-15(20)19-13-8-12(13)18-9-10-7-11(17)5-6-14(10)21-4/h5-7,12-13,18H,8-9H2,1-4H3,(H,19,20). The minimum absolute atomic E-state index is 0.111. The number of rotatable bonds is 5. The van der Waals surface area contributed by atoms with Crippen LogP contribution >= 0.6 is 11.6 Å². The maximum Gasteiger partial charge on any atom is 0.407 e. The Balaban J connectivity index is 1.78. The van der Waals surface area contributed by atoms with Crippen LogP contribution in [0.2, 0.25) is 5.02 Å². The SMILES string of the molecule is COc1ccc(Cl)cc1CNC1CC1NC(=O)OC(C)(C)C. The van der Waals surface area contributed by atoms with Crippen molar-refractivity contribution in [1.29, 1.82) is 0 Å². The first-order valence-corrected chi connectivity index (χ1v) is 7.71. The molecule has 1 saturated carbocycles. The molecule has 122 valence electrons. The number of benzene rings is 1. The van der Waals surface area contributed by atoms with E-state index in [2.05, 4.69) is 10.6 Å². The van der Waals surface area contributed by atoms with Crippen molar-refractivity contribution in [3.63, 3.8) is 0 Å². The quantitative estimate of drug-likeness (QED) is 0.873. The van der Waals surface area contributed by atoms with E-state index in [0.717, 1.165) is 17.7 Å². The van der Waals surface area contributed by atoms with E-state index in [9.17, 15) is 4.79 Å². The fourth-order valence-corrected chi connectivity index (χ4v) is 2.36. The van der Waals surface area contributed by atoms with Crippen molar-refractivity contribution < 1.29 is 14.3 Å². The number of carbonyl (C=O) groups excluding carboxylic acids is 1. The Labute approximate surface area is 136 Å². The predicted octanol–water partition coefficient (Wildman–Crippen LogP) is 3.10. The van der Waals surface area contributed by atoms with Gasteiger partial charge in [0, 0.05) is 29.2 Å². The van der Waals surface area contributed by atoms with Gasteiger partial charge in [-0.15, -0.1) is 0 Å². The summed E-state index contributed by atoms with van der Waals surface area (Å²) >= 11 is 6.01. The first kappa shape index (κ1) is 16.9. The first-order chi connectivity index (χ1) is 10.3. The lowest BCUT2D eigenvalue weighted by Gasteiger charge is -2.19. The van der Waals surface area contributed by atoms with E-state index in [1.165, 1.54) is 0 Å². The van der Waals surface area contributed by atoms with Gasteiger partial charge in [-0.3, -0.25) is 0 Å². The summed E-state index contributed by atoms with van der Waals surface area (Å²) in [6.45, 7) is 6.18. The van der Waals surface area contributed by atoms with Crippen LogP contribution in [0.5, 0.6) is 5.75 Å². The molecule has 5 nitrogen and oxygen atoms in total. The molecule has 0 aromatic heterocycles. The van der Waals surface area contributed by atoms with Crippen LogP contribution < -0.4 is 15.4 Å². The molecule has 0 aliphatic heterocycles. The first-order valence-electron chi connectivity index (χ1n) is 7.34. The van der Waals surface area contributed by atoms with Gasteiger partial charge in [0.05, 0.1) is 7.11 Å². The molecular formula is C16H23ClN2O3. The lowest BCUT2D eigenvalue weighted by atomic mass is 10.2. The van der Waals surface area contributed by atoms with E-state index < -0.39 is 5.60 Å². The Bertz CT molecular complexity index is 543. The van der Waals surface area contributed by atoms with Crippen molar-refractivity contribution in [3.8, 4) is 5.75 Å². The summed E-state index contributed by atoms with van der Waals surface area (Å²) in [5.41, 5.74) is 0.522. The molecule has 2 N–H and O–H groups in total. The van der Waals surface area contributed by atoms with E-state index in [-0.39, 0.29) is 18.2 Å². The highest BCUT2D eigenvalue weighted by molar-refractivity contribution is 6.30. The third-order valence-corrected chi connectivity index (χ3v) is 3.52. The number of methoxy groups -OCH3 is 1. The van der Waals surface area contributed by atoms with Crippen LogP contribution in [0.4, 0.5) is 4.79 Å². The van der Waals surface area contributed by atoms with Crippen LogP contribution in [-0.4, -0.2) is 30.9 Å². The predicted molar refractivity (Wildman–Crippen MR) is 86.4 cm³/mol. The van der Waals surface area contributed by atoms with Crippen LogP contribution in [-0.2, 0) is 11.3 Å². The van der Waals surface area contributed by atoms with Gasteiger partial charge in [0.1, 0.15) is 11.4 Å². The van der Waals surface area contributed by atoms with Gasteiger partial charge < -0.3 is 20.1 Å². The summed E-state index contributed by atoms with van der Waals surface area (Å²) in [6.07, 6.45) is 0.518. The average Bonchev–Trinajstić information content (AvgIpc) is 3.12. The molecule has 2 atom stereocenters. The molecule has 1 fully saturated rings. The minimum Gasteiger partial charge on any atom is -0.496 e. The summed E-state index contributed by atoms with van der Waals surface area (Å²) in [6, 6.07) is 5.89. The molecule has 1 aromatic carbocycles. The van der Waals surface area contributed by atoms with Crippen molar-refractivity contribution in [2.24, 2.45) is 0 Å². The maximum absolute atomic E-state index is 11.7. The summed E-state index contributed by atoms with van der Waals surface area (Å²) in [5.74, 6) is 0.800. The molecule has 1 aromatic rings. The number of amides is 1. The van der Waals surface area contributed by atoms with Crippen molar-refractivity contribution in [2.75, 3.05) is 7.11 Å². The van der Waals surface area contributed by atoms with Crippen molar-refractivity contribution in [3.05, 3.63) is 28.8 Å². The molecule has 0 radical (unpaired) electrons. The summed E-state index contributed by atoms with van der Waals surface area (Å²) in [5, 5.41) is 6.92. The third kappa shape index (κ3) is 5.07. The van der Waals surface area contributed by atoms with Gasteiger partial charge in [-0.25, -0.2) is 4.79 Å². The van der Waals surface area contributed by atoms with Gasteiger partial charge in [0.15, 0.2) is 0 Å². The van der Waals surface area contributed by atoms with Crippen LogP contribution in [0.15, 0.2) is 18.2 Å². The molecule has 1 aliphatic carbocycles. The molecule has 0 spiro atoms. The lowest BCUT2D eigenvalue weighted by molar-refractivity contribution is 0.0522. The average molecular weight is 327 g/mol. The van der Waals surface area contributed by atoms with Crippen LogP contribution in [0.1, 0.15) is 32.8 Å². The number of nitrogens with one attached hydrogen (secondary N) is 2. The van der Waals surface area contributed by atoms with Gasteiger partial charge in [-0.2, -0.15) is 0 Å². The normalized spacial score (nSPS) is 20.4. The fraction of sp³-hybridized carbons (Fsp3) is 0.562. The van der Waals surface area contributed by atoms with Gasteiger partial charge in [0.2, 0.25) is 0 Å². The van der Waals surface area contributed by atoms with E-state index in [0.29, 0.717) is 11.6 Å². The largest absolute Gasteiger partial charge is 0.496 e. The van der Waals surface area contributed by atoms with Crippen LogP contribution in [0.3, 0.4) is 0 Å².